The first-order valence-electron chi connectivity index (χ1n) is 8.00. The second kappa shape index (κ2) is 5.65. The first-order valence-corrected chi connectivity index (χ1v) is 8.88. The highest BCUT2D eigenvalue weighted by molar-refractivity contribution is 7.12. The van der Waals surface area contributed by atoms with Gasteiger partial charge >= 0.3 is 0 Å². The molecule has 1 saturated heterocycles. The molecule has 1 aromatic heterocycles. The standard InChI is InChI=1S/C18H20N2O2S/c1-10-4-17(23-9-10)22-13-2-3-14(18(19)21)16(7-13)15-6-12-5-11(15)8-20-12/h2-4,7,9,11-12,15,20H,5-6,8H2,1H3,(H2,19,21). The van der Waals surface area contributed by atoms with E-state index in [0.29, 0.717) is 23.4 Å². The highest BCUT2D eigenvalue weighted by Gasteiger charge is 2.41. The second-order valence-corrected chi connectivity index (χ2v) is 7.48. The topological polar surface area (TPSA) is 64.3 Å². The Hall–Kier alpha value is -1.85. The number of hydrogen-bond acceptors (Lipinski definition) is 4. The van der Waals surface area contributed by atoms with E-state index >= 15 is 0 Å². The van der Waals surface area contributed by atoms with Crippen LogP contribution in [-0.2, 0) is 0 Å². The van der Waals surface area contributed by atoms with E-state index in [1.807, 2.05) is 31.2 Å². The Morgan fingerprint density at radius 2 is 2.22 bits per heavy atom. The summed E-state index contributed by atoms with van der Waals surface area (Å²) in [7, 11) is 0. The predicted molar refractivity (Wildman–Crippen MR) is 91.3 cm³/mol. The van der Waals surface area contributed by atoms with E-state index in [0.717, 1.165) is 29.3 Å². The summed E-state index contributed by atoms with van der Waals surface area (Å²) < 4.78 is 5.97. The molecule has 4 nitrogen and oxygen atoms in total. The molecule has 1 aliphatic carbocycles. The van der Waals surface area contributed by atoms with Crippen molar-refractivity contribution in [3.8, 4) is 10.8 Å². The van der Waals surface area contributed by atoms with E-state index in [4.69, 9.17) is 10.5 Å². The second-order valence-electron chi connectivity index (χ2n) is 6.60. The number of primary amides is 1. The number of thiophene rings is 1. The number of rotatable bonds is 4. The van der Waals surface area contributed by atoms with Crippen molar-refractivity contribution in [2.75, 3.05) is 6.54 Å². The van der Waals surface area contributed by atoms with Gasteiger partial charge in [0.1, 0.15) is 5.75 Å². The number of amides is 1. The first-order chi connectivity index (χ1) is 11.1. The molecule has 120 valence electrons. The number of aryl methyl sites for hydroxylation is 1. The number of nitrogens with two attached hydrogens (primary N) is 1. The molecule has 1 saturated carbocycles. The maximum atomic E-state index is 11.8. The molecule has 2 heterocycles. The number of piperidine rings is 1. The molecule has 3 N–H and O–H groups in total. The number of carbonyl (C=O) groups is 1. The van der Waals surface area contributed by atoms with E-state index in [-0.39, 0.29) is 5.91 Å². The number of benzene rings is 1. The normalized spacial score (nSPS) is 25.7. The highest BCUT2D eigenvalue weighted by Crippen LogP contribution is 2.45. The summed E-state index contributed by atoms with van der Waals surface area (Å²) in [6.07, 6.45) is 2.27. The van der Waals surface area contributed by atoms with Crippen LogP contribution in [0.3, 0.4) is 0 Å². The van der Waals surface area contributed by atoms with Gasteiger partial charge in [-0.2, -0.15) is 0 Å². The van der Waals surface area contributed by atoms with Crippen LogP contribution in [0, 0.1) is 12.8 Å². The molecular formula is C18H20N2O2S. The molecule has 1 aliphatic heterocycles. The zero-order chi connectivity index (χ0) is 16.0. The summed E-state index contributed by atoms with van der Waals surface area (Å²) in [6, 6.07) is 8.26. The van der Waals surface area contributed by atoms with Gasteiger partial charge < -0.3 is 15.8 Å². The lowest BCUT2D eigenvalue weighted by Crippen LogP contribution is -2.29. The van der Waals surface area contributed by atoms with Gasteiger partial charge in [0.2, 0.25) is 5.91 Å². The van der Waals surface area contributed by atoms with E-state index in [1.54, 1.807) is 11.3 Å². The lowest BCUT2D eigenvalue weighted by Gasteiger charge is -2.24. The van der Waals surface area contributed by atoms with Gasteiger partial charge in [-0.3, -0.25) is 4.79 Å². The highest BCUT2D eigenvalue weighted by atomic mass is 32.1. The van der Waals surface area contributed by atoms with Gasteiger partial charge in [0.15, 0.2) is 5.06 Å². The van der Waals surface area contributed by atoms with E-state index in [1.165, 1.54) is 12.0 Å². The van der Waals surface area contributed by atoms with Crippen LogP contribution in [0.15, 0.2) is 29.6 Å². The van der Waals surface area contributed by atoms with Crippen molar-refractivity contribution in [2.24, 2.45) is 11.7 Å². The van der Waals surface area contributed by atoms with E-state index in [2.05, 4.69) is 10.7 Å². The smallest absolute Gasteiger partial charge is 0.248 e. The number of ether oxygens (including phenoxy) is 1. The van der Waals surface area contributed by atoms with E-state index < -0.39 is 0 Å². The molecule has 1 aromatic carbocycles. The maximum Gasteiger partial charge on any atom is 0.248 e. The van der Waals surface area contributed by atoms with Crippen LogP contribution < -0.4 is 15.8 Å². The minimum atomic E-state index is -0.353. The van der Waals surface area contributed by atoms with Crippen LogP contribution >= 0.6 is 11.3 Å². The van der Waals surface area contributed by atoms with Gasteiger partial charge in [0, 0.05) is 11.6 Å². The molecule has 1 amide bonds. The Balaban J connectivity index is 1.67. The minimum absolute atomic E-state index is 0.353. The Bertz CT molecular complexity index is 755. The zero-order valence-corrected chi connectivity index (χ0v) is 13.9. The zero-order valence-electron chi connectivity index (χ0n) is 13.0. The molecule has 4 rings (SSSR count). The number of carbonyl (C=O) groups excluding carboxylic acids is 1. The third-order valence-electron chi connectivity index (χ3n) is 4.98. The van der Waals surface area contributed by atoms with Crippen LogP contribution in [0.5, 0.6) is 10.8 Å². The first kappa shape index (κ1) is 14.7. The van der Waals surface area contributed by atoms with Gasteiger partial charge in [0.05, 0.1) is 0 Å². The van der Waals surface area contributed by atoms with Gasteiger partial charge in [-0.1, -0.05) is 0 Å². The van der Waals surface area contributed by atoms with Crippen molar-refractivity contribution in [2.45, 2.75) is 31.7 Å². The fourth-order valence-electron chi connectivity index (χ4n) is 3.93. The lowest BCUT2D eigenvalue weighted by atomic mass is 9.85. The summed E-state index contributed by atoms with van der Waals surface area (Å²) in [5.41, 5.74) is 8.48. The molecule has 5 heteroatoms. The number of nitrogens with one attached hydrogen (secondary N) is 1. The maximum absolute atomic E-state index is 11.8. The fraction of sp³-hybridized carbons (Fsp3) is 0.389. The van der Waals surface area contributed by atoms with Crippen LogP contribution in [0.25, 0.3) is 0 Å². The SMILES string of the molecule is Cc1csc(Oc2ccc(C(N)=O)c(C3CC4CC3CN4)c2)c1. The molecule has 3 atom stereocenters. The summed E-state index contributed by atoms with van der Waals surface area (Å²) in [6.45, 7) is 3.08. The summed E-state index contributed by atoms with van der Waals surface area (Å²) >= 11 is 1.58. The van der Waals surface area contributed by atoms with Gasteiger partial charge in [0.25, 0.3) is 0 Å². The molecule has 23 heavy (non-hydrogen) atoms. The Labute approximate surface area is 139 Å². The van der Waals surface area contributed by atoms with Gasteiger partial charge in [-0.05, 0) is 78.9 Å². The van der Waals surface area contributed by atoms with Crippen molar-refractivity contribution in [1.82, 2.24) is 5.32 Å². The molecule has 2 bridgehead atoms. The summed E-state index contributed by atoms with van der Waals surface area (Å²) in [5.74, 6) is 1.42. The van der Waals surface area contributed by atoms with Crippen LogP contribution in [0.1, 0.15) is 40.2 Å². The average molecular weight is 328 g/mol. The van der Waals surface area contributed by atoms with Crippen LogP contribution in [0.4, 0.5) is 0 Å². The lowest BCUT2D eigenvalue weighted by molar-refractivity contribution is 0.0998. The molecule has 0 radical (unpaired) electrons. The van der Waals surface area contributed by atoms with Crippen LogP contribution in [-0.4, -0.2) is 18.5 Å². The molecule has 2 fully saturated rings. The molecule has 3 unspecified atom stereocenters. The largest absolute Gasteiger partial charge is 0.447 e. The van der Waals surface area contributed by atoms with Crippen molar-refractivity contribution in [1.29, 1.82) is 0 Å². The van der Waals surface area contributed by atoms with E-state index in [9.17, 15) is 4.79 Å². The van der Waals surface area contributed by atoms with Crippen molar-refractivity contribution < 1.29 is 9.53 Å². The minimum Gasteiger partial charge on any atom is -0.447 e. The van der Waals surface area contributed by atoms with Crippen molar-refractivity contribution >= 4 is 17.2 Å². The van der Waals surface area contributed by atoms with Gasteiger partial charge in [-0.25, -0.2) is 0 Å². The third kappa shape index (κ3) is 2.75. The molecule has 0 spiro atoms. The van der Waals surface area contributed by atoms with Gasteiger partial charge in [-0.15, -0.1) is 11.3 Å². The Kier molecular flexibility index (Phi) is 3.62. The molecule has 2 aromatic rings. The molecular weight excluding hydrogens is 308 g/mol. The monoisotopic (exact) mass is 328 g/mol. The van der Waals surface area contributed by atoms with Crippen LogP contribution in [0.2, 0.25) is 0 Å². The average Bonchev–Trinajstić information content (AvgIpc) is 3.24. The molecule has 2 aliphatic rings. The Morgan fingerprint density at radius 1 is 1.35 bits per heavy atom. The third-order valence-corrected chi connectivity index (χ3v) is 5.90. The quantitative estimate of drug-likeness (QED) is 0.904. The Morgan fingerprint density at radius 3 is 2.83 bits per heavy atom. The summed E-state index contributed by atoms with van der Waals surface area (Å²) in [4.78, 5) is 11.8. The van der Waals surface area contributed by atoms with Crippen molar-refractivity contribution in [3.05, 3.63) is 46.3 Å². The summed E-state index contributed by atoms with van der Waals surface area (Å²) in [5, 5.41) is 6.45. The predicted octanol–water partition coefficient (Wildman–Crippen LogP) is 3.41. The number of fused-ring (bicyclic) bond motifs is 2. The fourth-order valence-corrected chi connectivity index (χ4v) is 4.69. The van der Waals surface area contributed by atoms with Crippen molar-refractivity contribution in [3.63, 3.8) is 0 Å². The number of hydrogen-bond donors (Lipinski definition) is 2.